The summed E-state index contributed by atoms with van der Waals surface area (Å²) in [4.78, 5) is 11.1. The molecule has 0 unspecified atom stereocenters. The third-order valence-corrected chi connectivity index (χ3v) is 3.64. The third-order valence-electron chi connectivity index (χ3n) is 3.64. The highest BCUT2D eigenvalue weighted by Gasteiger charge is 2.16. The first-order valence-electron chi connectivity index (χ1n) is 6.84. The van der Waals surface area contributed by atoms with Crippen molar-refractivity contribution in [2.75, 3.05) is 0 Å². The van der Waals surface area contributed by atoms with E-state index in [4.69, 9.17) is 5.11 Å². The van der Waals surface area contributed by atoms with E-state index in [1.165, 1.54) is 11.3 Å². The fourth-order valence-corrected chi connectivity index (χ4v) is 2.87. The van der Waals surface area contributed by atoms with Crippen LogP contribution in [0.1, 0.15) is 54.8 Å². The fraction of sp³-hybridized carbons (Fsp3) is 0.438. The molecule has 2 aromatic rings. The van der Waals surface area contributed by atoms with Crippen molar-refractivity contribution >= 4 is 16.9 Å². The predicted octanol–water partition coefficient (Wildman–Crippen LogP) is 4.18. The van der Waals surface area contributed by atoms with Crippen LogP contribution >= 0.6 is 0 Å². The molecule has 0 aliphatic carbocycles. The van der Waals surface area contributed by atoms with Crippen molar-refractivity contribution in [2.45, 2.75) is 46.6 Å². The maximum absolute atomic E-state index is 11.1. The van der Waals surface area contributed by atoms with Crippen LogP contribution < -0.4 is 0 Å². The summed E-state index contributed by atoms with van der Waals surface area (Å²) in [6, 6.07) is 5.82. The maximum Gasteiger partial charge on any atom is 0.335 e. The molecule has 0 fully saturated rings. The number of rotatable bonds is 4. The van der Waals surface area contributed by atoms with Gasteiger partial charge in [-0.05, 0) is 51.0 Å². The lowest BCUT2D eigenvalue weighted by Crippen LogP contribution is -2.03. The normalized spacial score (nSPS) is 11.4. The van der Waals surface area contributed by atoms with Gasteiger partial charge in [0.05, 0.1) is 5.56 Å². The van der Waals surface area contributed by atoms with Crippen LogP contribution in [-0.4, -0.2) is 15.6 Å². The molecule has 0 bridgehead atoms. The van der Waals surface area contributed by atoms with Gasteiger partial charge in [0, 0.05) is 22.6 Å². The number of carboxylic acid groups (broad SMARTS) is 1. The van der Waals surface area contributed by atoms with Gasteiger partial charge in [-0.2, -0.15) is 0 Å². The van der Waals surface area contributed by atoms with Gasteiger partial charge in [0.25, 0.3) is 0 Å². The van der Waals surface area contributed by atoms with E-state index >= 15 is 0 Å². The van der Waals surface area contributed by atoms with Crippen molar-refractivity contribution in [1.82, 2.24) is 4.57 Å². The van der Waals surface area contributed by atoms with E-state index in [-0.39, 0.29) is 0 Å². The summed E-state index contributed by atoms with van der Waals surface area (Å²) in [6.45, 7) is 8.60. The molecule has 19 heavy (non-hydrogen) atoms. The zero-order chi connectivity index (χ0) is 14.2. The highest BCUT2D eigenvalue weighted by atomic mass is 16.4. The topological polar surface area (TPSA) is 42.2 Å². The van der Waals surface area contributed by atoms with E-state index in [9.17, 15) is 4.79 Å². The number of fused-ring (bicyclic) bond motifs is 1. The van der Waals surface area contributed by atoms with Gasteiger partial charge >= 0.3 is 5.97 Å². The van der Waals surface area contributed by atoms with Crippen LogP contribution in [0.2, 0.25) is 0 Å². The maximum atomic E-state index is 11.1. The van der Waals surface area contributed by atoms with Gasteiger partial charge in [0.15, 0.2) is 0 Å². The standard InChI is InChI=1S/C16H21NO2/c1-5-6-13-11(4)17(10(2)3)15-8-7-12(16(18)19)9-14(13)15/h7-10H,5-6H2,1-4H3,(H,18,19). The molecule has 0 amide bonds. The predicted molar refractivity (Wildman–Crippen MR) is 78.0 cm³/mol. The fourth-order valence-electron chi connectivity index (χ4n) is 2.87. The Bertz CT molecular complexity index is 623. The van der Waals surface area contributed by atoms with Crippen LogP contribution in [-0.2, 0) is 6.42 Å². The average Bonchev–Trinajstić information content (AvgIpc) is 2.62. The SMILES string of the molecule is CCCc1c(C)n(C(C)C)c2ccc(C(=O)O)cc12. The van der Waals surface area contributed by atoms with E-state index in [0.29, 0.717) is 11.6 Å². The molecule has 0 aliphatic heterocycles. The van der Waals surface area contributed by atoms with Crippen molar-refractivity contribution in [3.8, 4) is 0 Å². The molecule has 3 heteroatoms. The van der Waals surface area contributed by atoms with E-state index in [1.54, 1.807) is 6.07 Å². The second kappa shape index (κ2) is 5.08. The smallest absolute Gasteiger partial charge is 0.335 e. The van der Waals surface area contributed by atoms with Gasteiger partial charge < -0.3 is 9.67 Å². The van der Waals surface area contributed by atoms with Crippen molar-refractivity contribution in [3.05, 3.63) is 35.0 Å². The van der Waals surface area contributed by atoms with E-state index in [1.807, 2.05) is 12.1 Å². The van der Waals surface area contributed by atoms with Crippen molar-refractivity contribution in [1.29, 1.82) is 0 Å². The minimum absolute atomic E-state index is 0.366. The van der Waals surface area contributed by atoms with Crippen LogP contribution in [0.4, 0.5) is 0 Å². The number of nitrogens with zero attached hydrogens (tertiary/aromatic N) is 1. The lowest BCUT2D eigenvalue weighted by Gasteiger charge is -2.12. The largest absolute Gasteiger partial charge is 0.478 e. The van der Waals surface area contributed by atoms with Crippen molar-refractivity contribution in [2.24, 2.45) is 0 Å². The molecule has 0 radical (unpaired) electrons. The van der Waals surface area contributed by atoms with Gasteiger partial charge in [0.1, 0.15) is 0 Å². The lowest BCUT2D eigenvalue weighted by molar-refractivity contribution is 0.0697. The first-order valence-corrected chi connectivity index (χ1v) is 6.84. The number of carbonyl (C=O) groups is 1. The van der Waals surface area contributed by atoms with E-state index in [0.717, 1.165) is 23.7 Å². The second-order valence-electron chi connectivity index (χ2n) is 5.31. The van der Waals surface area contributed by atoms with Crippen LogP contribution in [0, 0.1) is 6.92 Å². The Balaban J connectivity index is 2.78. The zero-order valence-corrected chi connectivity index (χ0v) is 12.0. The molecule has 0 saturated carbocycles. The Kier molecular flexibility index (Phi) is 3.65. The Hall–Kier alpha value is -1.77. The molecule has 2 rings (SSSR count). The monoisotopic (exact) mass is 259 g/mol. The summed E-state index contributed by atoms with van der Waals surface area (Å²) < 4.78 is 2.30. The average molecular weight is 259 g/mol. The Morgan fingerprint density at radius 2 is 2.05 bits per heavy atom. The summed E-state index contributed by atoms with van der Waals surface area (Å²) >= 11 is 0. The summed E-state index contributed by atoms with van der Waals surface area (Å²) in [6.07, 6.45) is 2.06. The number of hydrogen-bond acceptors (Lipinski definition) is 1. The summed E-state index contributed by atoms with van der Waals surface area (Å²) in [5.74, 6) is -0.862. The Morgan fingerprint density at radius 3 is 2.58 bits per heavy atom. The minimum Gasteiger partial charge on any atom is -0.478 e. The number of hydrogen-bond donors (Lipinski definition) is 1. The lowest BCUT2D eigenvalue weighted by atomic mass is 10.0. The molecule has 1 heterocycles. The second-order valence-corrected chi connectivity index (χ2v) is 5.31. The number of aryl methyl sites for hydroxylation is 1. The first-order chi connectivity index (χ1) is 8.97. The zero-order valence-electron chi connectivity index (χ0n) is 12.0. The molecular weight excluding hydrogens is 238 g/mol. The van der Waals surface area contributed by atoms with Crippen molar-refractivity contribution in [3.63, 3.8) is 0 Å². The molecule has 1 aromatic carbocycles. The number of benzene rings is 1. The highest BCUT2D eigenvalue weighted by Crippen LogP contribution is 2.30. The molecule has 0 saturated heterocycles. The molecule has 1 aromatic heterocycles. The van der Waals surface area contributed by atoms with Gasteiger partial charge in [-0.1, -0.05) is 13.3 Å². The molecule has 0 spiro atoms. The Labute approximate surface area is 113 Å². The van der Waals surface area contributed by atoms with Gasteiger partial charge in [-0.3, -0.25) is 0 Å². The summed E-state index contributed by atoms with van der Waals surface area (Å²) in [7, 11) is 0. The van der Waals surface area contributed by atoms with E-state index in [2.05, 4.69) is 32.3 Å². The van der Waals surface area contributed by atoms with Crippen molar-refractivity contribution < 1.29 is 9.90 Å². The molecule has 1 N–H and O–H groups in total. The van der Waals surface area contributed by atoms with Gasteiger partial charge in [0.2, 0.25) is 0 Å². The van der Waals surface area contributed by atoms with Crippen LogP contribution in [0.15, 0.2) is 18.2 Å². The third kappa shape index (κ3) is 2.25. The molecule has 3 nitrogen and oxygen atoms in total. The molecule has 0 aliphatic rings. The number of carboxylic acids is 1. The highest BCUT2D eigenvalue weighted by molar-refractivity contribution is 5.95. The first kappa shape index (κ1) is 13.7. The molecule has 102 valence electrons. The van der Waals surface area contributed by atoms with E-state index < -0.39 is 5.97 Å². The number of aromatic nitrogens is 1. The quantitative estimate of drug-likeness (QED) is 0.895. The number of aromatic carboxylic acids is 1. The van der Waals surface area contributed by atoms with Crippen LogP contribution in [0.3, 0.4) is 0 Å². The minimum atomic E-state index is -0.862. The van der Waals surface area contributed by atoms with Crippen LogP contribution in [0.5, 0.6) is 0 Å². The molecule has 0 atom stereocenters. The summed E-state index contributed by atoms with van der Waals surface area (Å²) in [5.41, 5.74) is 4.05. The van der Waals surface area contributed by atoms with Crippen LogP contribution in [0.25, 0.3) is 10.9 Å². The molecular formula is C16H21NO2. The summed E-state index contributed by atoms with van der Waals surface area (Å²) in [5, 5.41) is 10.2. The Morgan fingerprint density at radius 1 is 1.37 bits per heavy atom. The van der Waals surface area contributed by atoms with Gasteiger partial charge in [-0.25, -0.2) is 4.79 Å². The van der Waals surface area contributed by atoms with Gasteiger partial charge in [-0.15, -0.1) is 0 Å².